The fourth-order valence-corrected chi connectivity index (χ4v) is 2.66. The molecule has 15 heavy (non-hydrogen) atoms. The first-order valence-corrected chi connectivity index (χ1v) is 6.24. The summed E-state index contributed by atoms with van der Waals surface area (Å²) in [5, 5.41) is 3.21. The molecule has 0 aromatic heterocycles. The van der Waals surface area contributed by atoms with Crippen molar-refractivity contribution in [1.29, 1.82) is 0 Å². The van der Waals surface area contributed by atoms with E-state index in [1.807, 2.05) is 0 Å². The molecule has 2 aliphatic rings. The highest BCUT2D eigenvalue weighted by Crippen LogP contribution is 2.20. The van der Waals surface area contributed by atoms with E-state index >= 15 is 0 Å². The number of likely N-dealkylation sites (tertiary alicyclic amines) is 1. The Balaban J connectivity index is 1.75. The Morgan fingerprint density at radius 1 is 1.13 bits per heavy atom. The van der Waals surface area contributed by atoms with Crippen molar-refractivity contribution in [3.8, 4) is 0 Å². The Hall–Kier alpha value is -0.570. The van der Waals surface area contributed by atoms with Crippen molar-refractivity contribution < 1.29 is 4.79 Å². The summed E-state index contributed by atoms with van der Waals surface area (Å²) in [5.74, 6) is 0.594. The third-order valence-electron chi connectivity index (χ3n) is 3.79. The van der Waals surface area contributed by atoms with Crippen LogP contribution in [0.2, 0.25) is 0 Å². The zero-order chi connectivity index (χ0) is 10.7. The van der Waals surface area contributed by atoms with Gasteiger partial charge in [0.05, 0.1) is 0 Å². The summed E-state index contributed by atoms with van der Waals surface area (Å²) in [5.41, 5.74) is 0. The van der Waals surface area contributed by atoms with Crippen molar-refractivity contribution in [1.82, 2.24) is 10.2 Å². The fourth-order valence-electron chi connectivity index (χ4n) is 2.66. The van der Waals surface area contributed by atoms with Crippen LogP contribution >= 0.6 is 0 Å². The molecule has 2 rings (SSSR count). The summed E-state index contributed by atoms with van der Waals surface area (Å²) in [6.45, 7) is 2.14. The van der Waals surface area contributed by atoms with Crippen LogP contribution in [0.1, 0.15) is 38.5 Å². The van der Waals surface area contributed by atoms with Gasteiger partial charge in [0.1, 0.15) is 0 Å². The second-order valence-electron chi connectivity index (χ2n) is 5.07. The molecule has 1 aliphatic carbocycles. The lowest BCUT2D eigenvalue weighted by molar-refractivity contribution is -0.127. The number of carbonyl (C=O) groups excluding carboxylic acids is 1. The number of nitrogens with zero attached hydrogens (tertiary/aromatic N) is 1. The van der Waals surface area contributed by atoms with Crippen LogP contribution in [-0.2, 0) is 4.79 Å². The lowest BCUT2D eigenvalue weighted by atomic mass is 9.96. The third-order valence-corrected chi connectivity index (χ3v) is 3.79. The predicted octanol–water partition coefficient (Wildman–Crippen LogP) is 1.39. The molecule has 1 saturated heterocycles. The number of hydrogen-bond acceptors (Lipinski definition) is 2. The summed E-state index contributed by atoms with van der Waals surface area (Å²) < 4.78 is 0. The van der Waals surface area contributed by atoms with Crippen molar-refractivity contribution in [2.24, 2.45) is 5.92 Å². The van der Waals surface area contributed by atoms with Gasteiger partial charge in [-0.15, -0.1) is 0 Å². The number of rotatable bonds is 2. The van der Waals surface area contributed by atoms with Gasteiger partial charge in [0.25, 0.3) is 0 Å². The highest BCUT2D eigenvalue weighted by Gasteiger charge is 2.25. The summed E-state index contributed by atoms with van der Waals surface area (Å²) in [4.78, 5) is 14.2. The first kappa shape index (κ1) is 10.9. The molecule has 3 nitrogen and oxygen atoms in total. The van der Waals surface area contributed by atoms with Gasteiger partial charge in [0.2, 0.25) is 5.91 Å². The minimum absolute atomic E-state index is 0.279. The number of hydrogen-bond donors (Lipinski definition) is 1. The van der Waals surface area contributed by atoms with E-state index in [-0.39, 0.29) is 5.92 Å². The van der Waals surface area contributed by atoms with E-state index in [4.69, 9.17) is 0 Å². The Bertz CT molecular complexity index is 216. The maximum absolute atomic E-state index is 11.9. The Labute approximate surface area is 92.2 Å². The lowest BCUT2D eigenvalue weighted by Gasteiger charge is -2.28. The Morgan fingerprint density at radius 2 is 1.73 bits per heavy atom. The van der Waals surface area contributed by atoms with Crippen LogP contribution in [0.3, 0.4) is 0 Å². The van der Waals surface area contributed by atoms with Gasteiger partial charge < -0.3 is 10.2 Å². The molecule has 2 fully saturated rings. The lowest BCUT2D eigenvalue weighted by Crippen LogP contribution is -2.42. The maximum Gasteiger partial charge on any atom is 0.223 e. The molecule has 0 unspecified atom stereocenters. The minimum atomic E-state index is 0.279. The van der Waals surface area contributed by atoms with Crippen LogP contribution in [0.25, 0.3) is 0 Å². The number of piperidine rings is 1. The molecule has 0 aromatic carbocycles. The second-order valence-corrected chi connectivity index (χ2v) is 5.07. The van der Waals surface area contributed by atoms with E-state index < -0.39 is 0 Å². The largest absolute Gasteiger partial charge is 0.353 e. The number of nitrogens with one attached hydrogen (secondary N) is 1. The summed E-state index contributed by atoms with van der Waals surface area (Å²) in [6.07, 6.45) is 7.04. The molecule has 0 spiro atoms. The van der Waals surface area contributed by atoms with Crippen molar-refractivity contribution in [3.63, 3.8) is 0 Å². The van der Waals surface area contributed by atoms with Gasteiger partial charge in [0.15, 0.2) is 0 Å². The summed E-state index contributed by atoms with van der Waals surface area (Å²) in [7, 11) is 2.13. The average molecular weight is 210 g/mol. The molecule has 86 valence electrons. The second kappa shape index (κ2) is 4.97. The highest BCUT2D eigenvalue weighted by atomic mass is 16.1. The van der Waals surface area contributed by atoms with E-state index in [1.54, 1.807) is 0 Å². The standard InChI is InChI=1S/C12H22N2O/c1-14-8-6-10(7-9-14)12(15)13-11-4-2-3-5-11/h10-11H,2-9H2,1H3,(H,13,15). The molecule has 3 heteroatoms. The van der Waals surface area contributed by atoms with Gasteiger partial charge in [0, 0.05) is 12.0 Å². The SMILES string of the molecule is CN1CCC(C(=O)NC2CCCC2)CC1. The first-order valence-electron chi connectivity index (χ1n) is 6.24. The van der Waals surface area contributed by atoms with E-state index in [1.165, 1.54) is 25.7 Å². The minimum Gasteiger partial charge on any atom is -0.353 e. The smallest absolute Gasteiger partial charge is 0.223 e. The summed E-state index contributed by atoms with van der Waals surface area (Å²) >= 11 is 0. The molecule has 1 N–H and O–H groups in total. The average Bonchev–Trinajstić information content (AvgIpc) is 2.71. The van der Waals surface area contributed by atoms with E-state index in [0.717, 1.165) is 25.9 Å². The number of amides is 1. The van der Waals surface area contributed by atoms with Crippen molar-refractivity contribution in [2.45, 2.75) is 44.6 Å². The van der Waals surface area contributed by atoms with Crippen molar-refractivity contribution >= 4 is 5.91 Å². The van der Waals surface area contributed by atoms with Crippen LogP contribution in [-0.4, -0.2) is 37.0 Å². The van der Waals surface area contributed by atoms with Crippen molar-refractivity contribution in [2.75, 3.05) is 20.1 Å². The zero-order valence-electron chi connectivity index (χ0n) is 9.67. The van der Waals surface area contributed by atoms with Crippen LogP contribution in [0.15, 0.2) is 0 Å². The van der Waals surface area contributed by atoms with Crippen LogP contribution in [0.5, 0.6) is 0 Å². The maximum atomic E-state index is 11.9. The number of carbonyl (C=O) groups is 1. The first-order chi connectivity index (χ1) is 7.25. The quantitative estimate of drug-likeness (QED) is 0.747. The van der Waals surface area contributed by atoms with Gasteiger partial charge in [-0.2, -0.15) is 0 Å². The molecule has 0 aromatic rings. The Morgan fingerprint density at radius 3 is 2.33 bits per heavy atom. The van der Waals surface area contributed by atoms with Gasteiger partial charge in [-0.3, -0.25) is 4.79 Å². The molecular formula is C12H22N2O. The Kier molecular flexibility index (Phi) is 3.62. The molecular weight excluding hydrogens is 188 g/mol. The van der Waals surface area contributed by atoms with Crippen LogP contribution < -0.4 is 5.32 Å². The van der Waals surface area contributed by atoms with Gasteiger partial charge >= 0.3 is 0 Å². The molecule has 1 amide bonds. The zero-order valence-corrected chi connectivity index (χ0v) is 9.67. The normalized spacial score (nSPS) is 25.7. The van der Waals surface area contributed by atoms with Gasteiger partial charge in [-0.25, -0.2) is 0 Å². The molecule has 1 saturated carbocycles. The van der Waals surface area contributed by atoms with E-state index in [2.05, 4.69) is 17.3 Å². The molecule has 0 radical (unpaired) electrons. The summed E-state index contributed by atoms with van der Waals surface area (Å²) in [6, 6.07) is 0.483. The molecule has 0 bridgehead atoms. The molecule has 0 atom stereocenters. The predicted molar refractivity (Wildman–Crippen MR) is 60.6 cm³/mol. The topological polar surface area (TPSA) is 32.3 Å². The van der Waals surface area contributed by atoms with Crippen LogP contribution in [0, 0.1) is 5.92 Å². The van der Waals surface area contributed by atoms with E-state index in [0.29, 0.717) is 11.9 Å². The van der Waals surface area contributed by atoms with Gasteiger partial charge in [-0.05, 0) is 45.8 Å². The van der Waals surface area contributed by atoms with Crippen molar-refractivity contribution in [3.05, 3.63) is 0 Å². The van der Waals surface area contributed by atoms with E-state index in [9.17, 15) is 4.79 Å². The molecule has 1 aliphatic heterocycles. The van der Waals surface area contributed by atoms with Crippen LogP contribution in [0.4, 0.5) is 0 Å². The molecule has 1 heterocycles. The van der Waals surface area contributed by atoms with Gasteiger partial charge in [-0.1, -0.05) is 12.8 Å². The third kappa shape index (κ3) is 2.94. The monoisotopic (exact) mass is 210 g/mol. The fraction of sp³-hybridized carbons (Fsp3) is 0.917. The highest BCUT2D eigenvalue weighted by molar-refractivity contribution is 5.79.